The second-order valence-electron chi connectivity index (χ2n) is 4.15. The molecule has 1 aromatic heterocycles. The highest BCUT2D eigenvalue weighted by molar-refractivity contribution is 5.28. The lowest BCUT2D eigenvalue weighted by Gasteiger charge is -2.35. The van der Waals surface area contributed by atoms with Crippen LogP contribution in [0.4, 0.5) is 0 Å². The van der Waals surface area contributed by atoms with Gasteiger partial charge in [-0.3, -0.25) is 5.43 Å². The molecule has 0 amide bonds. The quantitative estimate of drug-likeness (QED) is 0.813. The molecule has 2 rings (SSSR count). The van der Waals surface area contributed by atoms with E-state index in [4.69, 9.17) is 0 Å². The SMILES string of the molecule is Cc1ccc(C)n1N1NC=CC=C1N(C)C. The number of hydrogen-bond acceptors (Lipinski definition) is 3. The second-order valence-corrected chi connectivity index (χ2v) is 4.15. The van der Waals surface area contributed by atoms with Crippen LogP contribution in [0.1, 0.15) is 11.4 Å². The summed E-state index contributed by atoms with van der Waals surface area (Å²) in [6, 6.07) is 4.23. The van der Waals surface area contributed by atoms with Crippen LogP contribution in [0.15, 0.2) is 36.3 Å². The van der Waals surface area contributed by atoms with Gasteiger partial charge in [-0.2, -0.15) is 5.12 Å². The van der Waals surface area contributed by atoms with E-state index in [2.05, 4.69) is 47.1 Å². The van der Waals surface area contributed by atoms with Crippen molar-refractivity contribution in [2.24, 2.45) is 0 Å². The highest BCUT2D eigenvalue weighted by atomic mass is 15.8. The van der Waals surface area contributed by atoms with E-state index in [-0.39, 0.29) is 0 Å². The Bertz CT molecular complexity index is 420. The molecular weight excluding hydrogens is 200 g/mol. The summed E-state index contributed by atoms with van der Waals surface area (Å²) < 4.78 is 2.15. The van der Waals surface area contributed by atoms with Crippen LogP contribution in [0.3, 0.4) is 0 Å². The van der Waals surface area contributed by atoms with Gasteiger partial charge in [0.1, 0.15) is 5.82 Å². The Hall–Kier alpha value is -1.84. The molecule has 1 aromatic rings. The third kappa shape index (κ3) is 1.66. The van der Waals surface area contributed by atoms with E-state index < -0.39 is 0 Å². The standard InChI is InChI=1S/C12H18N4/c1-10-7-8-11(2)15(10)16-12(14(3)4)6-5-9-13-16/h5-9,13H,1-4H3. The second kappa shape index (κ2) is 3.96. The van der Waals surface area contributed by atoms with Gasteiger partial charge in [-0.1, -0.05) is 0 Å². The smallest absolute Gasteiger partial charge is 0.146 e. The number of aromatic nitrogens is 1. The predicted octanol–water partition coefficient (Wildman–Crippen LogP) is 1.48. The van der Waals surface area contributed by atoms with E-state index in [9.17, 15) is 0 Å². The maximum atomic E-state index is 3.24. The Morgan fingerprint density at radius 1 is 1.12 bits per heavy atom. The molecule has 0 saturated heterocycles. The molecule has 0 fully saturated rings. The first-order valence-electron chi connectivity index (χ1n) is 5.37. The number of hydrazine groups is 1. The molecule has 1 aliphatic rings. The van der Waals surface area contributed by atoms with Gasteiger partial charge in [-0.15, -0.1) is 0 Å². The number of rotatable bonds is 2. The third-order valence-corrected chi connectivity index (χ3v) is 2.65. The first-order valence-corrected chi connectivity index (χ1v) is 5.37. The predicted molar refractivity (Wildman–Crippen MR) is 66.2 cm³/mol. The lowest BCUT2D eigenvalue weighted by atomic mass is 10.4. The Morgan fingerprint density at radius 2 is 1.75 bits per heavy atom. The molecule has 0 spiro atoms. The summed E-state index contributed by atoms with van der Waals surface area (Å²) >= 11 is 0. The molecule has 16 heavy (non-hydrogen) atoms. The van der Waals surface area contributed by atoms with Crippen molar-refractivity contribution >= 4 is 0 Å². The van der Waals surface area contributed by atoms with Crippen molar-refractivity contribution in [1.29, 1.82) is 0 Å². The molecule has 0 bridgehead atoms. The summed E-state index contributed by atoms with van der Waals surface area (Å²) in [6.45, 7) is 4.20. The lowest BCUT2D eigenvalue weighted by Crippen LogP contribution is -2.48. The fourth-order valence-corrected chi connectivity index (χ4v) is 1.86. The molecule has 86 valence electrons. The number of aryl methyl sites for hydroxylation is 2. The van der Waals surface area contributed by atoms with Gasteiger partial charge in [0.05, 0.1) is 0 Å². The molecule has 0 unspecified atom stereocenters. The number of nitrogens with one attached hydrogen (secondary N) is 1. The van der Waals surface area contributed by atoms with Crippen molar-refractivity contribution in [1.82, 2.24) is 15.0 Å². The van der Waals surface area contributed by atoms with Gasteiger partial charge in [0.15, 0.2) is 0 Å². The summed E-state index contributed by atoms with van der Waals surface area (Å²) in [5, 5.41) is 2.03. The minimum Gasteiger partial charge on any atom is -0.361 e. The molecule has 4 nitrogen and oxygen atoms in total. The Labute approximate surface area is 96.4 Å². The van der Waals surface area contributed by atoms with Crippen molar-refractivity contribution in [2.75, 3.05) is 19.2 Å². The maximum Gasteiger partial charge on any atom is 0.146 e. The monoisotopic (exact) mass is 218 g/mol. The van der Waals surface area contributed by atoms with Gasteiger partial charge < -0.3 is 4.90 Å². The van der Waals surface area contributed by atoms with Crippen molar-refractivity contribution in [2.45, 2.75) is 13.8 Å². The summed E-state index contributed by atoms with van der Waals surface area (Å²) in [7, 11) is 4.07. The molecular formula is C12H18N4. The van der Waals surface area contributed by atoms with E-state index in [1.807, 2.05) is 31.5 Å². The van der Waals surface area contributed by atoms with E-state index in [1.165, 1.54) is 11.4 Å². The van der Waals surface area contributed by atoms with Gasteiger partial charge >= 0.3 is 0 Å². The van der Waals surface area contributed by atoms with Crippen LogP contribution in [0.5, 0.6) is 0 Å². The van der Waals surface area contributed by atoms with Crippen LogP contribution in [0.2, 0.25) is 0 Å². The normalized spacial score (nSPS) is 14.8. The zero-order valence-electron chi connectivity index (χ0n) is 10.2. The summed E-state index contributed by atoms with van der Waals surface area (Å²) in [6.07, 6.45) is 6.00. The van der Waals surface area contributed by atoms with Gasteiger partial charge in [0.2, 0.25) is 0 Å². The van der Waals surface area contributed by atoms with Crippen LogP contribution >= 0.6 is 0 Å². The van der Waals surface area contributed by atoms with Crippen LogP contribution < -0.4 is 10.5 Å². The average molecular weight is 218 g/mol. The summed E-state index contributed by atoms with van der Waals surface area (Å²) in [5.41, 5.74) is 5.64. The fourth-order valence-electron chi connectivity index (χ4n) is 1.86. The van der Waals surface area contributed by atoms with Gasteiger partial charge in [-0.05, 0) is 38.1 Å². The highest BCUT2D eigenvalue weighted by Gasteiger charge is 2.16. The largest absolute Gasteiger partial charge is 0.361 e. The van der Waals surface area contributed by atoms with Gasteiger partial charge in [0.25, 0.3) is 0 Å². The molecule has 4 heteroatoms. The Kier molecular flexibility index (Phi) is 2.64. The van der Waals surface area contributed by atoms with Crippen molar-refractivity contribution in [3.63, 3.8) is 0 Å². The number of allylic oxidation sites excluding steroid dienone is 2. The minimum absolute atomic E-state index is 1.10. The van der Waals surface area contributed by atoms with Crippen LogP contribution in [-0.2, 0) is 0 Å². The molecule has 0 aromatic carbocycles. The van der Waals surface area contributed by atoms with Crippen molar-refractivity contribution < 1.29 is 0 Å². The summed E-state index contributed by atoms with van der Waals surface area (Å²) in [4.78, 5) is 2.08. The van der Waals surface area contributed by atoms with E-state index in [1.54, 1.807) is 0 Å². The molecule has 1 N–H and O–H groups in total. The zero-order valence-corrected chi connectivity index (χ0v) is 10.2. The minimum atomic E-state index is 1.10. The average Bonchev–Trinajstić information content (AvgIpc) is 2.58. The first kappa shape index (κ1) is 10.7. The van der Waals surface area contributed by atoms with E-state index in [0.717, 1.165) is 5.82 Å². The van der Waals surface area contributed by atoms with E-state index in [0.29, 0.717) is 0 Å². The third-order valence-electron chi connectivity index (χ3n) is 2.65. The fraction of sp³-hybridized carbons (Fsp3) is 0.333. The van der Waals surface area contributed by atoms with E-state index >= 15 is 0 Å². The molecule has 0 aliphatic carbocycles. The van der Waals surface area contributed by atoms with Gasteiger partial charge in [-0.25, -0.2) is 4.68 Å². The first-order chi connectivity index (χ1) is 7.61. The van der Waals surface area contributed by atoms with Crippen LogP contribution in [-0.4, -0.2) is 23.7 Å². The number of nitrogens with zero attached hydrogens (tertiary/aromatic N) is 3. The van der Waals surface area contributed by atoms with Gasteiger partial charge in [0, 0.05) is 31.7 Å². The van der Waals surface area contributed by atoms with Crippen LogP contribution in [0, 0.1) is 13.8 Å². The Balaban J connectivity index is 2.41. The molecule has 0 saturated carbocycles. The van der Waals surface area contributed by atoms with Crippen molar-refractivity contribution in [3.05, 3.63) is 47.7 Å². The molecule has 0 radical (unpaired) electrons. The van der Waals surface area contributed by atoms with Crippen LogP contribution in [0.25, 0.3) is 0 Å². The number of hydrogen-bond donors (Lipinski definition) is 1. The highest BCUT2D eigenvalue weighted by Crippen LogP contribution is 2.14. The Morgan fingerprint density at radius 3 is 2.31 bits per heavy atom. The maximum absolute atomic E-state index is 3.24. The molecule has 1 aliphatic heterocycles. The zero-order chi connectivity index (χ0) is 11.7. The molecule has 0 atom stereocenters. The molecule has 2 heterocycles. The lowest BCUT2D eigenvalue weighted by molar-refractivity contribution is 0.416. The van der Waals surface area contributed by atoms with Crippen molar-refractivity contribution in [3.8, 4) is 0 Å². The summed E-state index contributed by atoms with van der Waals surface area (Å²) in [5.74, 6) is 1.10. The topological polar surface area (TPSA) is 23.4 Å².